The van der Waals surface area contributed by atoms with E-state index < -0.39 is 5.67 Å². The first-order chi connectivity index (χ1) is 9.35. The van der Waals surface area contributed by atoms with Gasteiger partial charge in [0.25, 0.3) is 0 Å². The minimum atomic E-state index is -1.22. The van der Waals surface area contributed by atoms with Gasteiger partial charge in [0, 0.05) is 0 Å². The average molecular weight is 280 g/mol. The summed E-state index contributed by atoms with van der Waals surface area (Å²) in [6, 6.07) is 7.69. The van der Waals surface area contributed by atoms with E-state index in [4.69, 9.17) is 0 Å². The lowest BCUT2D eigenvalue weighted by atomic mass is 9.98. The predicted octanol–water partition coefficient (Wildman–Crippen LogP) is 6.68. The zero-order valence-corrected chi connectivity index (χ0v) is 14.3. The second-order valence-electron chi connectivity index (χ2n) is 6.21. The van der Waals surface area contributed by atoms with Crippen LogP contribution in [0.5, 0.6) is 0 Å². The van der Waals surface area contributed by atoms with Gasteiger partial charge in [0.05, 0.1) is 0 Å². The summed E-state index contributed by atoms with van der Waals surface area (Å²) < 4.78 is 13.4. The van der Waals surface area contributed by atoms with Crippen molar-refractivity contribution in [3.63, 3.8) is 0 Å². The number of benzene rings is 1. The van der Waals surface area contributed by atoms with Gasteiger partial charge < -0.3 is 0 Å². The third kappa shape index (κ3) is 8.35. The van der Waals surface area contributed by atoms with Crippen LogP contribution in [-0.4, -0.2) is 0 Å². The van der Waals surface area contributed by atoms with Crippen LogP contribution in [0.1, 0.15) is 78.4 Å². The molecule has 0 saturated heterocycles. The molecule has 0 fully saturated rings. The van der Waals surface area contributed by atoms with Crippen molar-refractivity contribution in [2.75, 3.05) is 0 Å². The highest BCUT2D eigenvalue weighted by Gasteiger charge is 2.17. The fourth-order valence-corrected chi connectivity index (χ4v) is 2.27. The average Bonchev–Trinajstić information content (AvgIpc) is 2.39. The van der Waals surface area contributed by atoms with Gasteiger partial charge in [-0.2, -0.15) is 0 Å². The van der Waals surface area contributed by atoms with Gasteiger partial charge in [0.1, 0.15) is 5.67 Å². The number of aryl methyl sites for hydroxylation is 1. The molecule has 0 bridgehead atoms. The second-order valence-corrected chi connectivity index (χ2v) is 6.21. The van der Waals surface area contributed by atoms with E-state index in [0.717, 1.165) is 17.9 Å². The van der Waals surface area contributed by atoms with Gasteiger partial charge in [-0.15, -0.1) is 0 Å². The van der Waals surface area contributed by atoms with Gasteiger partial charge in [-0.1, -0.05) is 77.6 Å². The zero-order valence-electron chi connectivity index (χ0n) is 14.3. The Morgan fingerprint density at radius 3 is 1.70 bits per heavy atom. The lowest BCUT2D eigenvalue weighted by Crippen LogP contribution is -2.08. The van der Waals surface area contributed by atoms with E-state index in [0.29, 0.717) is 0 Å². The Morgan fingerprint density at radius 2 is 1.40 bits per heavy atom. The van der Waals surface area contributed by atoms with E-state index in [1.807, 2.05) is 24.3 Å². The molecule has 1 aromatic carbocycles. The number of halogens is 1. The molecule has 0 aromatic heterocycles. The van der Waals surface area contributed by atoms with Crippen LogP contribution in [0.2, 0.25) is 0 Å². The first kappa shape index (κ1) is 19.1. The molecule has 0 aliphatic rings. The van der Waals surface area contributed by atoms with Crippen molar-refractivity contribution in [3.8, 4) is 0 Å². The molecule has 0 radical (unpaired) electrons. The van der Waals surface area contributed by atoms with Crippen molar-refractivity contribution in [2.45, 2.75) is 79.3 Å². The van der Waals surface area contributed by atoms with Crippen LogP contribution >= 0.6 is 0 Å². The third-order valence-corrected chi connectivity index (χ3v) is 3.61. The molecule has 0 amide bonds. The minimum Gasteiger partial charge on any atom is -0.239 e. The molecular formula is C19H33F. The molecule has 116 valence electrons. The fraction of sp³-hybridized carbons (Fsp3) is 0.684. The Labute approximate surface area is 125 Å². The minimum absolute atomic E-state index is 0.750. The fourth-order valence-electron chi connectivity index (χ4n) is 2.27. The van der Waals surface area contributed by atoms with Crippen molar-refractivity contribution < 1.29 is 4.39 Å². The number of hydrogen-bond donors (Lipinski definition) is 0. The summed E-state index contributed by atoms with van der Waals surface area (Å²) in [5.41, 5.74) is 0.786. The van der Waals surface area contributed by atoms with Gasteiger partial charge in [0.2, 0.25) is 0 Å². The van der Waals surface area contributed by atoms with Crippen LogP contribution in [0.4, 0.5) is 4.39 Å². The Morgan fingerprint density at radius 1 is 0.950 bits per heavy atom. The van der Waals surface area contributed by atoms with Crippen LogP contribution < -0.4 is 0 Å². The quantitative estimate of drug-likeness (QED) is 0.545. The molecule has 0 spiro atoms. The van der Waals surface area contributed by atoms with Crippen LogP contribution in [0, 0.1) is 5.92 Å². The Balaban J connectivity index is 0.000000396. The smallest absolute Gasteiger partial charge is 0.130 e. The summed E-state index contributed by atoms with van der Waals surface area (Å²) in [4.78, 5) is 0. The van der Waals surface area contributed by atoms with E-state index in [-0.39, 0.29) is 0 Å². The van der Waals surface area contributed by atoms with E-state index in [1.165, 1.54) is 31.2 Å². The third-order valence-electron chi connectivity index (χ3n) is 3.61. The SMILES string of the molecule is CCCC(C)CCC.CCc1ccc(C(C)(C)F)cc1. The summed E-state index contributed by atoms with van der Waals surface area (Å²) in [6.45, 7) is 12.1. The molecule has 1 rings (SSSR count). The predicted molar refractivity (Wildman–Crippen MR) is 88.9 cm³/mol. The molecule has 0 atom stereocenters. The molecule has 0 nitrogen and oxygen atoms in total. The normalized spacial score (nSPS) is 11.2. The number of rotatable bonds is 6. The molecule has 0 N–H and O–H groups in total. The van der Waals surface area contributed by atoms with E-state index in [9.17, 15) is 4.39 Å². The summed E-state index contributed by atoms with van der Waals surface area (Å²) in [6.07, 6.45) is 6.52. The number of hydrogen-bond acceptors (Lipinski definition) is 0. The standard InChI is InChI=1S/C11H15F.C8H18/c1-4-9-5-7-10(8-6-9)11(2,3)12;1-4-6-8(3)7-5-2/h5-8H,4H2,1-3H3;8H,4-7H2,1-3H3. The topological polar surface area (TPSA) is 0 Å². The first-order valence-corrected chi connectivity index (χ1v) is 8.13. The maximum absolute atomic E-state index is 13.4. The lowest BCUT2D eigenvalue weighted by molar-refractivity contribution is 0.221. The summed E-state index contributed by atoms with van der Waals surface area (Å²) in [5, 5.41) is 0. The van der Waals surface area contributed by atoms with Crippen LogP contribution in [0.3, 0.4) is 0 Å². The molecule has 0 aliphatic carbocycles. The van der Waals surface area contributed by atoms with Crippen molar-refractivity contribution in [1.29, 1.82) is 0 Å². The van der Waals surface area contributed by atoms with Crippen molar-refractivity contribution in [1.82, 2.24) is 0 Å². The molecule has 0 unspecified atom stereocenters. The van der Waals surface area contributed by atoms with Gasteiger partial charge in [0.15, 0.2) is 0 Å². The Bertz CT molecular complexity index is 326. The van der Waals surface area contributed by atoms with Crippen molar-refractivity contribution in [3.05, 3.63) is 35.4 Å². The molecular weight excluding hydrogens is 247 g/mol. The first-order valence-electron chi connectivity index (χ1n) is 8.13. The van der Waals surface area contributed by atoms with Gasteiger partial charge in [-0.3, -0.25) is 0 Å². The van der Waals surface area contributed by atoms with Gasteiger partial charge >= 0.3 is 0 Å². The molecule has 20 heavy (non-hydrogen) atoms. The molecule has 1 aromatic rings. The highest BCUT2D eigenvalue weighted by Crippen LogP contribution is 2.24. The van der Waals surface area contributed by atoms with Crippen LogP contribution in [0.25, 0.3) is 0 Å². The highest BCUT2D eigenvalue weighted by atomic mass is 19.1. The largest absolute Gasteiger partial charge is 0.239 e. The zero-order chi connectivity index (χ0) is 15.6. The maximum atomic E-state index is 13.4. The lowest BCUT2D eigenvalue weighted by Gasteiger charge is -2.14. The van der Waals surface area contributed by atoms with Gasteiger partial charge in [-0.05, 0) is 37.3 Å². The van der Waals surface area contributed by atoms with E-state index in [2.05, 4.69) is 27.7 Å². The molecule has 0 aliphatic heterocycles. The summed E-state index contributed by atoms with van der Waals surface area (Å²) in [5.74, 6) is 0.963. The molecule has 0 saturated carbocycles. The summed E-state index contributed by atoms with van der Waals surface area (Å²) >= 11 is 0. The van der Waals surface area contributed by atoms with Crippen LogP contribution in [-0.2, 0) is 12.1 Å². The maximum Gasteiger partial charge on any atom is 0.130 e. The van der Waals surface area contributed by atoms with E-state index >= 15 is 0 Å². The number of alkyl halides is 1. The van der Waals surface area contributed by atoms with E-state index in [1.54, 1.807) is 13.8 Å². The summed E-state index contributed by atoms with van der Waals surface area (Å²) in [7, 11) is 0. The van der Waals surface area contributed by atoms with Gasteiger partial charge in [-0.25, -0.2) is 4.39 Å². The highest BCUT2D eigenvalue weighted by molar-refractivity contribution is 5.26. The van der Waals surface area contributed by atoms with Crippen molar-refractivity contribution >= 4 is 0 Å². The van der Waals surface area contributed by atoms with Crippen LogP contribution in [0.15, 0.2) is 24.3 Å². The van der Waals surface area contributed by atoms with Crippen molar-refractivity contribution in [2.24, 2.45) is 5.92 Å². The second kappa shape index (κ2) is 9.96. The Hall–Kier alpha value is -0.850. The monoisotopic (exact) mass is 280 g/mol. The molecule has 0 heterocycles. The Kier molecular flexibility index (Phi) is 9.54. The molecule has 1 heteroatoms.